The monoisotopic (exact) mass is 556 g/mol. The molecule has 11 heteroatoms. The Balaban J connectivity index is 1.15. The fraction of sp³-hybridized carbons (Fsp3) is 0.400. The van der Waals surface area contributed by atoms with Gasteiger partial charge in [0.2, 0.25) is 0 Å². The molecule has 1 saturated heterocycles. The summed E-state index contributed by atoms with van der Waals surface area (Å²) in [5.41, 5.74) is 10.9. The van der Waals surface area contributed by atoms with Gasteiger partial charge < -0.3 is 30.3 Å². The molecular weight excluding hydrogens is 520 g/mol. The topological polar surface area (TPSA) is 147 Å². The summed E-state index contributed by atoms with van der Waals surface area (Å²) in [4.78, 5) is 15.5. The molecule has 2 aromatic carbocycles. The SMILES string of the molecule is Cc1cc(OCCN2CCOCC2)c2oc(Nc3ccc(C(=N)c4c(N)ncnc4NC4CCCC4)cc3)nc2c1. The summed E-state index contributed by atoms with van der Waals surface area (Å²) in [6.45, 7) is 6.78. The fourth-order valence-corrected chi connectivity index (χ4v) is 5.41. The minimum Gasteiger partial charge on any atom is -0.488 e. The molecule has 0 atom stereocenters. The highest BCUT2D eigenvalue weighted by Crippen LogP contribution is 2.32. The number of nitrogen functional groups attached to an aromatic ring is 1. The van der Waals surface area contributed by atoms with Gasteiger partial charge in [-0.2, -0.15) is 4.98 Å². The molecule has 11 nitrogen and oxygen atoms in total. The summed E-state index contributed by atoms with van der Waals surface area (Å²) in [5, 5.41) is 15.6. The number of nitrogens with zero attached hydrogens (tertiary/aromatic N) is 4. The van der Waals surface area contributed by atoms with Gasteiger partial charge in [0, 0.05) is 36.9 Å². The number of morpholine rings is 1. The van der Waals surface area contributed by atoms with Crippen LogP contribution in [0.3, 0.4) is 0 Å². The lowest BCUT2D eigenvalue weighted by Gasteiger charge is -2.26. The Morgan fingerprint density at radius 3 is 2.68 bits per heavy atom. The first-order valence-electron chi connectivity index (χ1n) is 14.2. The van der Waals surface area contributed by atoms with Gasteiger partial charge in [-0.05, 0) is 49.6 Å². The van der Waals surface area contributed by atoms with E-state index in [9.17, 15) is 0 Å². The van der Waals surface area contributed by atoms with Crippen LogP contribution in [0, 0.1) is 12.3 Å². The minimum atomic E-state index is 0.270. The first-order chi connectivity index (χ1) is 20.0. The maximum Gasteiger partial charge on any atom is 0.300 e. The lowest BCUT2D eigenvalue weighted by molar-refractivity contribution is 0.0323. The smallest absolute Gasteiger partial charge is 0.300 e. The van der Waals surface area contributed by atoms with E-state index in [4.69, 9.17) is 25.0 Å². The Kier molecular flexibility index (Phi) is 7.97. The molecule has 2 fully saturated rings. The zero-order chi connectivity index (χ0) is 28.2. The predicted molar refractivity (Wildman–Crippen MR) is 159 cm³/mol. The molecule has 41 heavy (non-hydrogen) atoms. The highest BCUT2D eigenvalue weighted by atomic mass is 16.5. The van der Waals surface area contributed by atoms with Gasteiger partial charge in [0.15, 0.2) is 11.3 Å². The zero-order valence-electron chi connectivity index (χ0n) is 23.3. The number of oxazole rings is 1. The molecule has 0 unspecified atom stereocenters. The van der Waals surface area contributed by atoms with Gasteiger partial charge in [-0.1, -0.05) is 25.0 Å². The molecule has 6 rings (SSSR count). The molecule has 4 aromatic rings. The number of benzene rings is 2. The van der Waals surface area contributed by atoms with Gasteiger partial charge in [0.1, 0.15) is 30.1 Å². The molecule has 0 radical (unpaired) electrons. The van der Waals surface area contributed by atoms with E-state index in [-0.39, 0.29) is 11.5 Å². The third-order valence-corrected chi connectivity index (χ3v) is 7.62. The Hall–Kier alpha value is -4.22. The van der Waals surface area contributed by atoms with Crippen molar-refractivity contribution in [3.63, 3.8) is 0 Å². The zero-order valence-corrected chi connectivity index (χ0v) is 23.3. The highest BCUT2D eigenvalue weighted by molar-refractivity contribution is 6.16. The van der Waals surface area contributed by atoms with Crippen molar-refractivity contribution in [1.82, 2.24) is 19.9 Å². The van der Waals surface area contributed by atoms with Crippen molar-refractivity contribution in [2.75, 3.05) is 55.8 Å². The molecular formula is C30H36N8O3. The standard InChI is InChI=1S/C30H36N8O3/c1-19-16-23-27(24(17-19)40-15-12-38-10-13-39-14-11-38)41-30(37-23)36-22-8-6-20(7-9-22)26(31)25-28(32)33-18-34-29(25)35-21-4-2-3-5-21/h6-9,16-18,21,31H,2-5,10-15H2,1H3,(H,36,37)(H3,32,33,34,35). The van der Waals surface area contributed by atoms with Crippen LogP contribution >= 0.6 is 0 Å². The molecule has 1 saturated carbocycles. The quantitative estimate of drug-likeness (QED) is 0.202. The van der Waals surface area contributed by atoms with Crippen LogP contribution in [0.5, 0.6) is 5.75 Å². The van der Waals surface area contributed by atoms with Crippen molar-refractivity contribution in [1.29, 1.82) is 5.41 Å². The first kappa shape index (κ1) is 27.0. The van der Waals surface area contributed by atoms with Gasteiger partial charge in [0.05, 0.1) is 24.5 Å². The van der Waals surface area contributed by atoms with Crippen molar-refractivity contribution in [2.24, 2.45) is 0 Å². The number of fused-ring (bicyclic) bond motifs is 1. The lowest BCUT2D eigenvalue weighted by Crippen LogP contribution is -2.38. The number of anilines is 4. The third kappa shape index (κ3) is 6.26. The molecule has 1 aliphatic carbocycles. The van der Waals surface area contributed by atoms with Crippen molar-refractivity contribution >= 4 is 40.1 Å². The Morgan fingerprint density at radius 2 is 1.90 bits per heavy atom. The van der Waals surface area contributed by atoms with Crippen molar-refractivity contribution in [3.05, 3.63) is 59.4 Å². The van der Waals surface area contributed by atoms with E-state index < -0.39 is 0 Å². The molecule has 214 valence electrons. The molecule has 0 bridgehead atoms. The maximum atomic E-state index is 8.88. The Labute approximate surface area is 239 Å². The van der Waals surface area contributed by atoms with Crippen LogP contribution in [0.2, 0.25) is 0 Å². The molecule has 2 aliphatic rings. The maximum absolute atomic E-state index is 8.88. The number of hydrogen-bond donors (Lipinski definition) is 4. The summed E-state index contributed by atoms with van der Waals surface area (Å²) < 4.78 is 17.6. The van der Waals surface area contributed by atoms with E-state index in [2.05, 4.69) is 30.5 Å². The number of nitrogens with one attached hydrogen (secondary N) is 3. The van der Waals surface area contributed by atoms with Crippen LogP contribution < -0.4 is 21.1 Å². The van der Waals surface area contributed by atoms with Crippen LogP contribution in [0.1, 0.15) is 42.4 Å². The molecule has 0 spiro atoms. The fourth-order valence-electron chi connectivity index (χ4n) is 5.41. The first-order valence-corrected chi connectivity index (χ1v) is 14.2. The van der Waals surface area contributed by atoms with Crippen LogP contribution in [0.25, 0.3) is 11.1 Å². The van der Waals surface area contributed by atoms with Gasteiger partial charge in [-0.15, -0.1) is 0 Å². The van der Waals surface area contributed by atoms with E-state index in [1.165, 1.54) is 19.2 Å². The second kappa shape index (κ2) is 12.1. The summed E-state index contributed by atoms with van der Waals surface area (Å²) in [6, 6.07) is 12.2. The van der Waals surface area contributed by atoms with Crippen LogP contribution in [-0.2, 0) is 4.74 Å². The molecule has 5 N–H and O–H groups in total. The molecule has 1 aliphatic heterocycles. The minimum absolute atomic E-state index is 0.270. The second-order valence-electron chi connectivity index (χ2n) is 10.6. The molecule has 2 aromatic heterocycles. The molecule has 0 amide bonds. The normalized spacial score (nSPS) is 16.2. The van der Waals surface area contributed by atoms with E-state index in [0.717, 1.165) is 62.5 Å². The number of ether oxygens (including phenoxy) is 2. The van der Waals surface area contributed by atoms with Gasteiger partial charge in [-0.25, -0.2) is 9.97 Å². The largest absolute Gasteiger partial charge is 0.488 e. The Morgan fingerprint density at radius 1 is 1.12 bits per heavy atom. The van der Waals surface area contributed by atoms with Crippen LogP contribution in [0.15, 0.2) is 47.1 Å². The van der Waals surface area contributed by atoms with E-state index in [0.29, 0.717) is 46.9 Å². The van der Waals surface area contributed by atoms with Crippen LogP contribution in [-0.4, -0.2) is 71.1 Å². The second-order valence-corrected chi connectivity index (χ2v) is 10.6. The summed E-state index contributed by atoms with van der Waals surface area (Å²) in [6.07, 6.45) is 6.02. The average molecular weight is 557 g/mol. The Bertz CT molecular complexity index is 1510. The molecule has 3 heterocycles. The van der Waals surface area contributed by atoms with Gasteiger partial charge >= 0.3 is 0 Å². The summed E-state index contributed by atoms with van der Waals surface area (Å²) >= 11 is 0. The average Bonchev–Trinajstić information content (AvgIpc) is 3.63. The summed E-state index contributed by atoms with van der Waals surface area (Å²) in [7, 11) is 0. The number of rotatable bonds is 10. The van der Waals surface area contributed by atoms with Gasteiger partial charge in [0.25, 0.3) is 6.01 Å². The number of hydrogen-bond acceptors (Lipinski definition) is 11. The predicted octanol–water partition coefficient (Wildman–Crippen LogP) is 4.73. The van der Waals surface area contributed by atoms with Crippen molar-refractivity contribution in [3.8, 4) is 5.75 Å². The lowest BCUT2D eigenvalue weighted by atomic mass is 10.0. The number of aryl methyl sites for hydroxylation is 1. The van der Waals surface area contributed by atoms with E-state index >= 15 is 0 Å². The van der Waals surface area contributed by atoms with Crippen LogP contribution in [0.4, 0.5) is 23.3 Å². The van der Waals surface area contributed by atoms with Crippen molar-refractivity contribution < 1.29 is 13.9 Å². The number of nitrogens with two attached hydrogens (primary N) is 1. The number of aromatic nitrogens is 3. The van der Waals surface area contributed by atoms with E-state index in [1.54, 1.807) is 0 Å². The van der Waals surface area contributed by atoms with Crippen molar-refractivity contribution in [2.45, 2.75) is 38.6 Å². The van der Waals surface area contributed by atoms with E-state index in [1.807, 2.05) is 43.3 Å². The highest BCUT2D eigenvalue weighted by Gasteiger charge is 2.21. The summed E-state index contributed by atoms with van der Waals surface area (Å²) in [5.74, 6) is 1.58. The van der Waals surface area contributed by atoms with Gasteiger partial charge in [-0.3, -0.25) is 10.3 Å². The third-order valence-electron chi connectivity index (χ3n) is 7.62.